The summed E-state index contributed by atoms with van der Waals surface area (Å²) in [5.74, 6) is 0.140. The Morgan fingerprint density at radius 2 is 2.11 bits per heavy atom. The molecule has 1 atom stereocenters. The zero-order chi connectivity index (χ0) is 14.4. The molecule has 0 aromatic carbocycles. The van der Waals surface area contributed by atoms with E-state index in [-0.39, 0.29) is 23.9 Å². The minimum Gasteiger partial charge on any atom is -0.354 e. The molecule has 2 N–H and O–H groups in total. The van der Waals surface area contributed by atoms with Crippen LogP contribution in [-0.2, 0) is 9.59 Å². The van der Waals surface area contributed by atoms with Crippen molar-refractivity contribution in [1.82, 2.24) is 20.4 Å². The van der Waals surface area contributed by atoms with Crippen LogP contribution in [0.5, 0.6) is 0 Å². The molecule has 1 aliphatic rings. The normalized spacial score (nSPS) is 20.4. The smallest absolute Gasteiger partial charge is 0.240 e. The summed E-state index contributed by atoms with van der Waals surface area (Å²) in [5, 5.41) is 6.10. The third-order valence-corrected chi connectivity index (χ3v) is 3.16. The molecule has 0 aliphatic carbocycles. The molecule has 6 heteroatoms. The molecule has 0 bridgehead atoms. The van der Waals surface area contributed by atoms with Gasteiger partial charge in [0.2, 0.25) is 11.8 Å². The molecule has 1 rings (SSSR count). The zero-order valence-electron chi connectivity index (χ0n) is 12.4. The van der Waals surface area contributed by atoms with Gasteiger partial charge in [-0.15, -0.1) is 0 Å². The summed E-state index contributed by atoms with van der Waals surface area (Å²) in [7, 11) is 3.53. The monoisotopic (exact) mass is 270 g/mol. The average molecular weight is 270 g/mol. The fraction of sp³-hybridized carbons (Fsp3) is 0.846. The van der Waals surface area contributed by atoms with Gasteiger partial charge in [0.05, 0.1) is 0 Å². The first-order valence-corrected chi connectivity index (χ1v) is 6.87. The molecule has 0 aromatic heterocycles. The van der Waals surface area contributed by atoms with Crippen LogP contribution in [0.15, 0.2) is 0 Å². The molecule has 1 heterocycles. The highest BCUT2D eigenvalue weighted by atomic mass is 16.2. The highest BCUT2D eigenvalue weighted by Crippen LogP contribution is 2.07. The number of nitrogens with zero attached hydrogens (tertiary/aromatic N) is 2. The summed E-state index contributed by atoms with van der Waals surface area (Å²) in [6, 6.07) is 0.00493. The summed E-state index contributed by atoms with van der Waals surface area (Å²) in [6.07, 6.45) is 0.440. The molecule has 1 saturated heterocycles. The second-order valence-electron chi connectivity index (χ2n) is 5.46. The molecule has 6 nitrogen and oxygen atoms in total. The standard InChI is InChI=1S/C13H26N4O2/c1-10(2)15-12(18)5-7-17-8-6-14-9-11(17)13(19)16(3)4/h10-11,14H,5-9H2,1-4H3,(H,15,18). The molecule has 110 valence electrons. The Hall–Kier alpha value is -1.14. The topological polar surface area (TPSA) is 64.7 Å². The fourth-order valence-electron chi connectivity index (χ4n) is 2.19. The summed E-state index contributed by atoms with van der Waals surface area (Å²) < 4.78 is 0. The van der Waals surface area contributed by atoms with Gasteiger partial charge in [-0.05, 0) is 13.8 Å². The van der Waals surface area contributed by atoms with E-state index in [0.29, 0.717) is 19.5 Å². The van der Waals surface area contributed by atoms with Crippen molar-refractivity contribution in [3.05, 3.63) is 0 Å². The number of likely N-dealkylation sites (N-methyl/N-ethyl adjacent to an activating group) is 1. The minimum absolute atomic E-state index is 0.0459. The van der Waals surface area contributed by atoms with E-state index in [4.69, 9.17) is 0 Å². The molecule has 2 amide bonds. The maximum atomic E-state index is 12.1. The lowest BCUT2D eigenvalue weighted by atomic mass is 10.1. The van der Waals surface area contributed by atoms with Gasteiger partial charge >= 0.3 is 0 Å². The van der Waals surface area contributed by atoms with Crippen molar-refractivity contribution in [2.45, 2.75) is 32.4 Å². The number of amides is 2. The highest BCUT2D eigenvalue weighted by Gasteiger charge is 2.29. The van der Waals surface area contributed by atoms with Gasteiger partial charge in [-0.3, -0.25) is 14.5 Å². The number of carbonyl (C=O) groups excluding carboxylic acids is 2. The lowest BCUT2D eigenvalue weighted by molar-refractivity contribution is -0.135. The van der Waals surface area contributed by atoms with Gasteiger partial charge in [-0.2, -0.15) is 0 Å². The van der Waals surface area contributed by atoms with E-state index in [9.17, 15) is 9.59 Å². The van der Waals surface area contributed by atoms with Crippen LogP contribution in [0.25, 0.3) is 0 Å². The van der Waals surface area contributed by atoms with E-state index < -0.39 is 0 Å². The van der Waals surface area contributed by atoms with E-state index in [1.54, 1.807) is 19.0 Å². The number of hydrogen-bond donors (Lipinski definition) is 2. The van der Waals surface area contributed by atoms with E-state index in [2.05, 4.69) is 15.5 Å². The van der Waals surface area contributed by atoms with Gasteiger partial charge < -0.3 is 15.5 Å². The Bertz CT molecular complexity index is 318. The number of nitrogens with one attached hydrogen (secondary N) is 2. The first-order chi connectivity index (χ1) is 8.91. The quantitative estimate of drug-likeness (QED) is 0.691. The third kappa shape index (κ3) is 5.16. The molecule has 1 unspecified atom stereocenters. The Kier molecular flexibility index (Phi) is 6.24. The fourth-order valence-corrected chi connectivity index (χ4v) is 2.19. The van der Waals surface area contributed by atoms with Crippen LogP contribution >= 0.6 is 0 Å². The van der Waals surface area contributed by atoms with Crippen LogP contribution in [0, 0.1) is 0 Å². The lowest BCUT2D eigenvalue weighted by Gasteiger charge is -2.36. The largest absolute Gasteiger partial charge is 0.354 e. The van der Waals surface area contributed by atoms with Gasteiger partial charge in [-0.1, -0.05) is 0 Å². The van der Waals surface area contributed by atoms with Crippen LogP contribution in [0.3, 0.4) is 0 Å². The van der Waals surface area contributed by atoms with Crippen LogP contribution in [-0.4, -0.2) is 74.0 Å². The molecule has 0 radical (unpaired) electrons. The Labute approximate surface area is 115 Å². The second-order valence-corrected chi connectivity index (χ2v) is 5.46. The maximum absolute atomic E-state index is 12.1. The van der Waals surface area contributed by atoms with Crippen molar-refractivity contribution < 1.29 is 9.59 Å². The molecule has 0 aromatic rings. The van der Waals surface area contributed by atoms with Crippen LogP contribution < -0.4 is 10.6 Å². The average Bonchev–Trinajstić information content (AvgIpc) is 2.35. The zero-order valence-corrected chi connectivity index (χ0v) is 12.4. The molecular formula is C13H26N4O2. The molecular weight excluding hydrogens is 244 g/mol. The maximum Gasteiger partial charge on any atom is 0.240 e. The molecule has 1 aliphatic heterocycles. The van der Waals surface area contributed by atoms with Gasteiger partial charge in [0, 0.05) is 52.7 Å². The van der Waals surface area contributed by atoms with Crippen molar-refractivity contribution in [1.29, 1.82) is 0 Å². The van der Waals surface area contributed by atoms with E-state index in [1.165, 1.54) is 0 Å². The van der Waals surface area contributed by atoms with E-state index >= 15 is 0 Å². The third-order valence-electron chi connectivity index (χ3n) is 3.16. The SMILES string of the molecule is CC(C)NC(=O)CCN1CCNCC1C(=O)N(C)C. The summed E-state index contributed by atoms with van der Waals surface area (Å²) in [4.78, 5) is 27.4. The van der Waals surface area contributed by atoms with Crippen LogP contribution in [0.4, 0.5) is 0 Å². The van der Waals surface area contributed by atoms with Gasteiger partial charge in [-0.25, -0.2) is 0 Å². The number of rotatable bonds is 5. The van der Waals surface area contributed by atoms with Crippen molar-refractivity contribution in [2.75, 3.05) is 40.3 Å². The lowest BCUT2D eigenvalue weighted by Crippen LogP contribution is -2.58. The molecule has 0 saturated carbocycles. The summed E-state index contributed by atoms with van der Waals surface area (Å²) in [6.45, 7) is 6.84. The van der Waals surface area contributed by atoms with Crippen molar-refractivity contribution in [3.63, 3.8) is 0 Å². The van der Waals surface area contributed by atoms with E-state index in [0.717, 1.165) is 13.1 Å². The Balaban J connectivity index is 2.49. The van der Waals surface area contributed by atoms with Crippen molar-refractivity contribution in [3.8, 4) is 0 Å². The minimum atomic E-state index is -0.157. The first kappa shape index (κ1) is 15.9. The Morgan fingerprint density at radius 1 is 1.42 bits per heavy atom. The predicted octanol–water partition coefficient (Wildman–Crippen LogP) is -0.737. The molecule has 1 fully saturated rings. The first-order valence-electron chi connectivity index (χ1n) is 6.87. The number of hydrogen-bond acceptors (Lipinski definition) is 4. The van der Waals surface area contributed by atoms with Gasteiger partial charge in [0.15, 0.2) is 0 Å². The summed E-state index contributed by atoms with van der Waals surface area (Å²) >= 11 is 0. The van der Waals surface area contributed by atoms with E-state index in [1.807, 2.05) is 13.8 Å². The molecule has 19 heavy (non-hydrogen) atoms. The number of carbonyl (C=O) groups is 2. The second kappa shape index (κ2) is 7.45. The number of piperazine rings is 1. The van der Waals surface area contributed by atoms with Crippen molar-refractivity contribution >= 4 is 11.8 Å². The highest BCUT2D eigenvalue weighted by molar-refractivity contribution is 5.82. The van der Waals surface area contributed by atoms with Gasteiger partial charge in [0.25, 0.3) is 0 Å². The van der Waals surface area contributed by atoms with Gasteiger partial charge in [0.1, 0.15) is 6.04 Å². The van der Waals surface area contributed by atoms with Crippen LogP contribution in [0.1, 0.15) is 20.3 Å². The predicted molar refractivity (Wildman–Crippen MR) is 74.8 cm³/mol. The van der Waals surface area contributed by atoms with Crippen molar-refractivity contribution in [2.24, 2.45) is 0 Å². The summed E-state index contributed by atoms with van der Waals surface area (Å²) in [5.41, 5.74) is 0. The molecule has 0 spiro atoms. The Morgan fingerprint density at radius 3 is 2.68 bits per heavy atom. The van der Waals surface area contributed by atoms with Crippen LogP contribution in [0.2, 0.25) is 0 Å².